The zero-order valence-electron chi connectivity index (χ0n) is 13.6. The van der Waals surface area contributed by atoms with E-state index in [4.69, 9.17) is 4.74 Å². The second-order valence-electron chi connectivity index (χ2n) is 6.18. The summed E-state index contributed by atoms with van der Waals surface area (Å²) < 4.78 is 5.76. The van der Waals surface area contributed by atoms with E-state index in [0.29, 0.717) is 6.54 Å². The van der Waals surface area contributed by atoms with Gasteiger partial charge in [0.05, 0.1) is 5.60 Å². The summed E-state index contributed by atoms with van der Waals surface area (Å²) >= 11 is 0. The van der Waals surface area contributed by atoms with Crippen LogP contribution >= 0.6 is 0 Å². The second-order valence-corrected chi connectivity index (χ2v) is 6.18. The number of carbonyl (C=O) groups is 1. The third-order valence-electron chi connectivity index (χ3n) is 4.46. The SMILES string of the molecule is COC1(CNC(=O)Nc2ccc(C)cc2)Cc2ccccc2C1. The van der Waals surface area contributed by atoms with Gasteiger partial charge in [-0.15, -0.1) is 0 Å². The first-order valence-electron chi connectivity index (χ1n) is 7.84. The predicted octanol–water partition coefficient (Wildman–Crippen LogP) is 3.30. The van der Waals surface area contributed by atoms with Gasteiger partial charge in [0.2, 0.25) is 0 Å². The topological polar surface area (TPSA) is 50.4 Å². The number of rotatable bonds is 4. The highest BCUT2D eigenvalue weighted by Gasteiger charge is 2.37. The lowest BCUT2D eigenvalue weighted by atomic mass is 10.0. The first-order valence-corrected chi connectivity index (χ1v) is 7.84. The van der Waals surface area contributed by atoms with Gasteiger partial charge in [-0.25, -0.2) is 4.79 Å². The van der Waals surface area contributed by atoms with Crippen LogP contribution in [0.5, 0.6) is 0 Å². The number of hydrogen-bond acceptors (Lipinski definition) is 2. The highest BCUT2D eigenvalue weighted by atomic mass is 16.5. The number of hydrogen-bond donors (Lipinski definition) is 2. The fourth-order valence-electron chi connectivity index (χ4n) is 3.05. The van der Waals surface area contributed by atoms with Gasteiger partial charge in [-0.05, 0) is 30.2 Å². The number of carbonyl (C=O) groups excluding carboxylic acids is 1. The number of urea groups is 1. The van der Waals surface area contributed by atoms with E-state index in [1.165, 1.54) is 11.1 Å². The van der Waals surface area contributed by atoms with Crippen LogP contribution in [0, 0.1) is 6.92 Å². The van der Waals surface area contributed by atoms with Crippen molar-refractivity contribution >= 4 is 11.7 Å². The highest BCUT2D eigenvalue weighted by molar-refractivity contribution is 5.89. The van der Waals surface area contributed by atoms with E-state index < -0.39 is 0 Å². The molecule has 0 saturated carbocycles. The lowest BCUT2D eigenvalue weighted by Gasteiger charge is -2.27. The number of fused-ring (bicyclic) bond motifs is 1. The Balaban J connectivity index is 1.59. The molecule has 0 fully saturated rings. The summed E-state index contributed by atoms with van der Waals surface area (Å²) in [7, 11) is 1.71. The van der Waals surface area contributed by atoms with Gasteiger partial charge in [0.15, 0.2) is 0 Å². The molecule has 0 bridgehead atoms. The Morgan fingerprint density at radius 1 is 1.09 bits per heavy atom. The zero-order valence-corrected chi connectivity index (χ0v) is 13.6. The van der Waals surface area contributed by atoms with Crippen LogP contribution in [-0.4, -0.2) is 25.3 Å². The van der Waals surface area contributed by atoms with Crippen molar-refractivity contribution in [1.82, 2.24) is 5.32 Å². The van der Waals surface area contributed by atoms with Crippen LogP contribution < -0.4 is 10.6 Å². The molecule has 4 heteroatoms. The van der Waals surface area contributed by atoms with Gasteiger partial charge in [0.1, 0.15) is 0 Å². The van der Waals surface area contributed by atoms with E-state index in [-0.39, 0.29) is 11.6 Å². The van der Waals surface area contributed by atoms with Crippen molar-refractivity contribution in [1.29, 1.82) is 0 Å². The van der Waals surface area contributed by atoms with E-state index in [1.54, 1.807) is 7.11 Å². The Labute approximate surface area is 136 Å². The molecule has 120 valence electrons. The number of benzene rings is 2. The fraction of sp³-hybridized carbons (Fsp3) is 0.316. The molecule has 0 unspecified atom stereocenters. The number of ether oxygens (including phenoxy) is 1. The molecule has 2 N–H and O–H groups in total. The van der Waals surface area contributed by atoms with Crippen molar-refractivity contribution in [2.75, 3.05) is 19.0 Å². The molecule has 0 atom stereocenters. The highest BCUT2D eigenvalue weighted by Crippen LogP contribution is 2.32. The summed E-state index contributed by atoms with van der Waals surface area (Å²) in [5.41, 5.74) is 4.20. The average molecular weight is 310 g/mol. The summed E-state index contributed by atoms with van der Waals surface area (Å²) in [4.78, 5) is 12.1. The zero-order chi connectivity index (χ0) is 16.3. The lowest BCUT2D eigenvalue weighted by Crippen LogP contribution is -2.46. The molecule has 0 aliphatic heterocycles. The minimum Gasteiger partial charge on any atom is -0.376 e. The maximum absolute atomic E-state index is 12.1. The molecule has 3 rings (SSSR count). The number of methoxy groups -OCH3 is 1. The third-order valence-corrected chi connectivity index (χ3v) is 4.46. The molecule has 0 saturated heterocycles. The molecule has 2 aromatic carbocycles. The molecule has 4 nitrogen and oxygen atoms in total. The smallest absolute Gasteiger partial charge is 0.319 e. The van der Waals surface area contributed by atoms with Crippen LogP contribution in [0.3, 0.4) is 0 Å². The molecule has 23 heavy (non-hydrogen) atoms. The fourth-order valence-corrected chi connectivity index (χ4v) is 3.05. The summed E-state index contributed by atoms with van der Waals surface area (Å²) in [6.07, 6.45) is 1.65. The van der Waals surface area contributed by atoms with E-state index >= 15 is 0 Å². The Hall–Kier alpha value is -2.33. The Kier molecular flexibility index (Phi) is 4.35. The summed E-state index contributed by atoms with van der Waals surface area (Å²) in [6.45, 7) is 2.50. The average Bonchev–Trinajstić information content (AvgIpc) is 2.94. The minimum atomic E-state index is -0.353. The maximum atomic E-state index is 12.1. The van der Waals surface area contributed by atoms with Crippen molar-refractivity contribution in [3.8, 4) is 0 Å². The molecule has 1 aliphatic rings. The molecular weight excluding hydrogens is 288 g/mol. The van der Waals surface area contributed by atoms with Gasteiger partial charge in [0, 0.05) is 32.2 Å². The van der Waals surface area contributed by atoms with E-state index in [1.807, 2.05) is 43.3 Å². The van der Waals surface area contributed by atoms with E-state index in [0.717, 1.165) is 24.1 Å². The van der Waals surface area contributed by atoms with Crippen molar-refractivity contribution in [2.24, 2.45) is 0 Å². The summed E-state index contributed by atoms with van der Waals surface area (Å²) in [5, 5.41) is 5.79. The van der Waals surface area contributed by atoms with Crippen LogP contribution in [0.15, 0.2) is 48.5 Å². The van der Waals surface area contributed by atoms with Gasteiger partial charge < -0.3 is 15.4 Å². The molecule has 0 spiro atoms. The second kappa shape index (κ2) is 6.42. The van der Waals surface area contributed by atoms with Crippen LogP contribution in [0.4, 0.5) is 10.5 Å². The van der Waals surface area contributed by atoms with Crippen molar-refractivity contribution in [2.45, 2.75) is 25.4 Å². The lowest BCUT2D eigenvalue weighted by molar-refractivity contribution is 0.00208. The number of nitrogens with one attached hydrogen (secondary N) is 2. The van der Waals surface area contributed by atoms with E-state index in [9.17, 15) is 4.79 Å². The van der Waals surface area contributed by atoms with Crippen molar-refractivity contribution < 1.29 is 9.53 Å². The molecule has 2 aromatic rings. The van der Waals surface area contributed by atoms with Gasteiger partial charge in [-0.2, -0.15) is 0 Å². The number of aryl methyl sites for hydroxylation is 1. The molecule has 2 amide bonds. The monoisotopic (exact) mass is 310 g/mol. The molecule has 0 radical (unpaired) electrons. The maximum Gasteiger partial charge on any atom is 0.319 e. The largest absolute Gasteiger partial charge is 0.376 e. The third kappa shape index (κ3) is 3.54. The molecule has 0 aromatic heterocycles. The van der Waals surface area contributed by atoms with E-state index in [2.05, 4.69) is 22.8 Å². The number of anilines is 1. The summed E-state index contributed by atoms with van der Waals surface area (Å²) in [6, 6.07) is 15.9. The van der Waals surface area contributed by atoms with Gasteiger partial charge >= 0.3 is 6.03 Å². The van der Waals surface area contributed by atoms with Crippen LogP contribution in [0.1, 0.15) is 16.7 Å². The van der Waals surface area contributed by atoms with Gasteiger partial charge in [-0.3, -0.25) is 0 Å². The van der Waals surface area contributed by atoms with Gasteiger partial charge in [-0.1, -0.05) is 42.0 Å². The standard InChI is InChI=1S/C19H22N2O2/c1-14-7-9-17(10-8-14)21-18(22)20-13-19(23-2)11-15-5-3-4-6-16(15)12-19/h3-10H,11-13H2,1-2H3,(H2,20,21,22). The normalized spacial score (nSPS) is 15.0. The Morgan fingerprint density at radius 2 is 1.70 bits per heavy atom. The van der Waals surface area contributed by atoms with Crippen molar-refractivity contribution in [3.05, 3.63) is 65.2 Å². The van der Waals surface area contributed by atoms with Crippen LogP contribution in [0.2, 0.25) is 0 Å². The summed E-state index contributed by atoms with van der Waals surface area (Å²) in [5.74, 6) is 0. The van der Waals surface area contributed by atoms with Crippen LogP contribution in [-0.2, 0) is 17.6 Å². The van der Waals surface area contributed by atoms with Crippen LogP contribution in [0.25, 0.3) is 0 Å². The minimum absolute atomic E-state index is 0.207. The molecule has 1 aliphatic carbocycles. The van der Waals surface area contributed by atoms with Crippen molar-refractivity contribution in [3.63, 3.8) is 0 Å². The Morgan fingerprint density at radius 3 is 2.26 bits per heavy atom. The Bertz CT molecular complexity index is 670. The molecule has 0 heterocycles. The molecular formula is C19H22N2O2. The first kappa shape index (κ1) is 15.6. The quantitative estimate of drug-likeness (QED) is 0.910. The predicted molar refractivity (Wildman–Crippen MR) is 91.8 cm³/mol. The number of amides is 2. The van der Waals surface area contributed by atoms with Gasteiger partial charge in [0.25, 0.3) is 0 Å². The first-order chi connectivity index (χ1) is 11.1.